The number of amides is 6. The lowest BCUT2D eigenvalue weighted by Gasteiger charge is -2.26. The minimum absolute atomic E-state index is 0.00129. The molecule has 16 nitrogen and oxygen atoms in total. The third-order valence-electron chi connectivity index (χ3n) is 10.6. The van der Waals surface area contributed by atoms with Crippen molar-refractivity contribution in [2.75, 3.05) is 49.4 Å². The van der Waals surface area contributed by atoms with Crippen molar-refractivity contribution < 1.29 is 48.1 Å². The Balaban J connectivity index is 1.23. The highest BCUT2D eigenvalue weighted by Gasteiger charge is 2.31. The van der Waals surface area contributed by atoms with Crippen molar-refractivity contribution in [3.63, 3.8) is 0 Å². The molecule has 0 unspecified atom stereocenters. The molecule has 0 bridgehead atoms. The highest BCUT2D eigenvalue weighted by molar-refractivity contribution is 7.99. The zero-order valence-corrected chi connectivity index (χ0v) is 41.4. The fourth-order valence-electron chi connectivity index (χ4n) is 7.02. The lowest BCUT2D eigenvalue weighted by molar-refractivity contribution is -0.142. The number of ether oxygens (including phenoxy) is 2. The van der Waals surface area contributed by atoms with E-state index < -0.39 is 59.8 Å². The second kappa shape index (κ2) is 31.8. The van der Waals surface area contributed by atoms with Crippen LogP contribution in [0.4, 0.5) is 0 Å². The fraction of sp³-hybridized carbons (Fsp3) is 0.404. The molecule has 0 fully saturated rings. The molecule has 0 saturated carbocycles. The number of hydrogen-bond acceptors (Lipinski definition) is 11. The predicted molar refractivity (Wildman–Crippen MR) is 273 cm³/mol. The lowest BCUT2D eigenvalue weighted by Crippen LogP contribution is -2.57. The van der Waals surface area contributed by atoms with Crippen LogP contribution in [-0.4, -0.2) is 126 Å². The summed E-state index contributed by atoms with van der Waals surface area (Å²) in [4.78, 5) is 91.5. The highest BCUT2D eigenvalue weighted by Crippen LogP contribution is 2.12. The molecule has 18 heteroatoms. The van der Waals surface area contributed by atoms with E-state index in [0.717, 1.165) is 22.3 Å². The van der Waals surface area contributed by atoms with Crippen molar-refractivity contribution in [3.8, 4) is 0 Å². The van der Waals surface area contributed by atoms with Gasteiger partial charge in [-0.15, -0.1) is 0 Å². The van der Waals surface area contributed by atoms with E-state index in [1.54, 1.807) is 24.3 Å². The lowest BCUT2D eigenvalue weighted by atomic mass is 10.0. The maximum absolute atomic E-state index is 13.8. The van der Waals surface area contributed by atoms with Crippen molar-refractivity contribution >= 4 is 64.9 Å². The topological polar surface area (TPSA) is 244 Å². The van der Waals surface area contributed by atoms with Gasteiger partial charge in [-0.25, -0.2) is 4.79 Å². The van der Waals surface area contributed by atoms with E-state index in [9.17, 15) is 38.7 Å². The van der Waals surface area contributed by atoms with Gasteiger partial charge in [0.05, 0.1) is 39.3 Å². The molecular weight excluding hydrogens is 933 g/mol. The number of nitrogens with one attached hydrogen (secondary N) is 5. The number of benzene rings is 4. The summed E-state index contributed by atoms with van der Waals surface area (Å²) in [5.41, 5.74) is 8.77. The van der Waals surface area contributed by atoms with E-state index >= 15 is 0 Å². The van der Waals surface area contributed by atoms with Crippen LogP contribution in [0.2, 0.25) is 0 Å². The van der Waals surface area contributed by atoms with Crippen LogP contribution in [0.15, 0.2) is 121 Å². The first-order valence-corrected chi connectivity index (χ1v) is 25.6. The van der Waals surface area contributed by atoms with Crippen molar-refractivity contribution in [3.05, 3.63) is 144 Å². The average Bonchev–Trinajstić information content (AvgIpc) is 3.33. The molecule has 0 aliphatic heterocycles. The number of thioether (sulfide) groups is 2. The Morgan fingerprint density at radius 3 is 1.23 bits per heavy atom. The largest absolute Gasteiger partial charge is 0.480 e. The van der Waals surface area contributed by atoms with Crippen LogP contribution in [0.5, 0.6) is 0 Å². The molecule has 4 aromatic carbocycles. The molecule has 70 heavy (non-hydrogen) atoms. The van der Waals surface area contributed by atoms with Gasteiger partial charge >= 0.3 is 5.97 Å². The molecule has 6 amide bonds. The summed E-state index contributed by atoms with van der Waals surface area (Å²) in [5, 5.41) is 23.6. The molecule has 0 spiro atoms. The van der Waals surface area contributed by atoms with Gasteiger partial charge in [0, 0.05) is 35.9 Å². The van der Waals surface area contributed by atoms with Gasteiger partial charge in [-0.2, -0.15) is 23.5 Å². The number of hydrogen-bond donors (Lipinski definition) is 7. The molecular formula is C52H66N6O10S2. The van der Waals surface area contributed by atoms with Crippen LogP contribution in [0, 0.1) is 5.92 Å². The molecule has 0 heterocycles. The summed E-state index contributed by atoms with van der Waals surface area (Å²) in [6.45, 7) is 5.03. The summed E-state index contributed by atoms with van der Waals surface area (Å²) >= 11 is 2.77. The smallest absolute Gasteiger partial charge is 0.326 e. The van der Waals surface area contributed by atoms with Crippen LogP contribution >= 0.6 is 23.5 Å². The molecule has 0 aliphatic carbocycles. The Labute approximate surface area is 418 Å². The van der Waals surface area contributed by atoms with E-state index in [2.05, 4.69) is 26.6 Å². The molecule has 5 atom stereocenters. The van der Waals surface area contributed by atoms with Crippen molar-refractivity contribution in [1.29, 1.82) is 0 Å². The van der Waals surface area contributed by atoms with Gasteiger partial charge in [-0.1, -0.05) is 135 Å². The number of carbonyl (C=O) groups excluding carboxylic acids is 6. The van der Waals surface area contributed by atoms with E-state index in [4.69, 9.17) is 15.2 Å². The minimum Gasteiger partial charge on any atom is -0.480 e. The van der Waals surface area contributed by atoms with Gasteiger partial charge in [-0.05, 0) is 34.6 Å². The van der Waals surface area contributed by atoms with Gasteiger partial charge in [0.15, 0.2) is 0 Å². The van der Waals surface area contributed by atoms with Crippen LogP contribution in [0.3, 0.4) is 0 Å². The Hall–Kier alpha value is -6.21. The third-order valence-corrected chi connectivity index (χ3v) is 12.6. The van der Waals surface area contributed by atoms with E-state index in [1.807, 2.05) is 111 Å². The van der Waals surface area contributed by atoms with Crippen molar-refractivity contribution in [2.45, 2.75) is 76.2 Å². The van der Waals surface area contributed by atoms with Gasteiger partial charge in [0.1, 0.15) is 30.2 Å². The molecule has 8 N–H and O–H groups in total. The summed E-state index contributed by atoms with van der Waals surface area (Å²) in [6, 6.07) is 31.2. The number of nitrogens with two attached hydrogens (primary N) is 1. The molecule has 376 valence electrons. The normalized spacial score (nSPS) is 13.2. The number of carboxylic acids is 1. The van der Waals surface area contributed by atoms with E-state index in [0.29, 0.717) is 24.7 Å². The van der Waals surface area contributed by atoms with Gasteiger partial charge in [0.25, 0.3) is 0 Å². The first kappa shape index (κ1) is 56.4. The summed E-state index contributed by atoms with van der Waals surface area (Å²) < 4.78 is 11.5. The molecule has 0 aromatic heterocycles. The molecule has 0 aliphatic rings. The summed E-state index contributed by atoms with van der Waals surface area (Å²) in [6.07, 6.45) is 0.646. The van der Waals surface area contributed by atoms with Crippen LogP contribution in [0.25, 0.3) is 0 Å². The Morgan fingerprint density at radius 2 is 0.843 bits per heavy atom. The second-order valence-corrected chi connectivity index (χ2v) is 19.2. The SMILES string of the molecule is CC(C)C[C@H](NC(=O)[C@H](CSCCOCCOCCSC[C@H](NC(=O)Cc1ccccc1)C(=O)N[C@@H](Cc1ccccc1)C(=O)O)NC(=O)Cc1ccccc1)C(=O)N[C@@H](Cc1ccccc1)C(N)=O. The number of rotatable bonds is 33. The maximum atomic E-state index is 13.8. The van der Waals surface area contributed by atoms with E-state index in [-0.39, 0.29) is 74.6 Å². The van der Waals surface area contributed by atoms with Gasteiger partial charge in [-0.3, -0.25) is 28.8 Å². The number of primary amides is 1. The van der Waals surface area contributed by atoms with Crippen molar-refractivity contribution in [1.82, 2.24) is 26.6 Å². The Bertz CT molecular complexity index is 2230. The molecule has 4 rings (SSSR count). The number of carboxylic acid groups (broad SMARTS) is 1. The monoisotopic (exact) mass is 998 g/mol. The van der Waals surface area contributed by atoms with Crippen LogP contribution in [0.1, 0.15) is 42.5 Å². The van der Waals surface area contributed by atoms with E-state index in [1.165, 1.54) is 23.5 Å². The van der Waals surface area contributed by atoms with Crippen LogP contribution in [-0.2, 0) is 68.7 Å². The molecule has 0 radical (unpaired) electrons. The van der Waals surface area contributed by atoms with Crippen molar-refractivity contribution in [2.24, 2.45) is 11.7 Å². The first-order valence-electron chi connectivity index (χ1n) is 23.3. The number of aliphatic carboxylic acids is 1. The Kier molecular flexibility index (Phi) is 25.6. The predicted octanol–water partition coefficient (Wildman–Crippen LogP) is 3.50. The highest BCUT2D eigenvalue weighted by atomic mass is 32.2. The summed E-state index contributed by atoms with van der Waals surface area (Å²) in [7, 11) is 0. The molecule has 0 saturated heterocycles. The summed E-state index contributed by atoms with van der Waals surface area (Å²) in [5.74, 6) is -2.99. The zero-order chi connectivity index (χ0) is 50.5. The number of carbonyl (C=O) groups is 7. The fourth-order valence-corrected chi connectivity index (χ4v) is 8.77. The second-order valence-electron chi connectivity index (χ2n) is 16.9. The quantitative estimate of drug-likeness (QED) is 0.0340. The standard InChI is InChI=1S/C52H66N6O10S2/c1-36(2)29-42(49(62)56-41(48(53)61)30-37-15-7-3-8-16-37)57-50(63)44(54-46(59)32-39-19-11-5-12-20-39)34-69-27-25-67-23-24-68-26-28-70-35-45(55-47(60)33-40-21-13-6-14-22-40)51(64)58-43(52(65)66)31-38-17-9-4-10-18-38/h3-22,36,41-45H,23-35H2,1-2H3,(H2,53,61)(H,54,59)(H,55,60)(H,56,62)(H,57,63)(H,58,64)(H,65,66)/t41-,42-,43-,44-,45-/m0/s1. The minimum atomic E-state index is -1.19. The van der Waals surface area contributed by atoms with Crippen LogP contribution < -0.4 is 32.3 Å². The Morgan fingerprint density at radius 1 is 0.486 bits per heavy atom. The zero-order valence-electron chi connectivity index (χ0n) is 39.7. The van der Waals surface area contributed by atoms with Gasteiger partial charge < -0.3 is 46.9 Å². The molecule has 4 aromatic rings. The average molecular weight is 999 g/mol. The van der Waals surface area contributed by atoms with Gasteiger partial charge in [0.2, 0.25) is 35.4 Å². The third kappa shape index (κ3) is 22.5. The first-order chi connectivity index (χ1) is 33.8. The maximum Gasteiger partial charge on any atom is 0.326 e.